The van der Waals surface area contributed by atoms with Crippen LogP contribution in [-0.2, 0) is 21.2 Å². The predicted octanol–water partition coefficient (Wildman–Crippen LogP) is 0.449. The summed E-state index contributed by atoms with van der Waals surface area (Å²) in [6.07, 6.45) is 5.78. The fourth-order valence-electron chi connectivity index (χ4n) is 2.59. The third kappa shape index (κ3) is 3.15. The molecule has 1 aliphatic heterocycles. The number of nitrogens with zero attached hydrogens (tertiary/aromatic N) is 2. The van der Waals surface area contributed by atoms with E-state index >= 15 is 0 Å². The zero-order valence-electron chi connectivity index (χ0n) is 11.2. The SMILES string of the molecule is CCC(Cn1ccnc1S(C)(=O)=O)C1CNC(=O)C1. The van der Waals surface area contributed by atoms with E-state index in [4.69, 9.17) is 0 Å². The van der Waals surface area contributed by atoms with Gasteiger partial charge in [0, 0.05) is 38.2 Å². The van der Waals surface area contributed by atoms with Gasteiger partial charge in [0.2, 0.25) is 20.9 Å². The van der Waals surface area contributed by atoms with Crippen LogP contribution in [0, 0.1) is 11.8 Å². The molecular formula is C12H19N3O3S. The van der Waals surface area contributed by atoms with Gasteiger partial charge in [-0.1, -0.05) is 13.3 Å². The number of aromatic nitrogens is 2. The lowest BCUT2D eigenvalue weighted by Gasteiger charge is -2.21. The zero-order valence-corrected chi connectivity index (χ0v) is 12.0. The molecule has 2 rings (SSSR count). The number of hydrogen-bond acceptors (Lipinski definition) is 4. The zero-order chi connectivity index (χ0) is 14.0. The Bertz CT molecular complexity index is 565. The minimum absolute atomic E-state index is 0.0809. The second kappa shape index (κ2) is 5.32. The molecule has 1 aromatic rings. The fourth-order valence-corrected chi connectivity index (χ4v) is 3.40. The maximum atomic E-state index is 11.6. The first-order chi connectivity index (χ1) is 8.91. The topological polar surface area (TPSA) is 81.1 Å². The van der Waals surface area contributed by atoms with Gasteiger partial charge in [-0.05, 0) is 11.8 Å². The fraction of sp³-hybridized carbons (Fsp3) is 0.667. The van der Waals surface area contributed by atoms with Crippen molar-refractivity contribution in [3.05, 3.63) is 12.4 Å². The highest BCUT2D eigenvalue weighted by molar-refractivity contribution is 7.90. The van der Waals surface area contributed by atoms with Crippen molar-refractivity contribution in [2.75, 3.05) is 12.8 Å². The molecule has 0 spiro atoms. The Kier molecular flexibility index (Phi) is 3.93. The molecule has 1 saturated heterocycles. The third-order valence-corrected chi connectivity index (χ3v) is 4.64. The molecule has 0 aromatic carbocycles. The van der Waals surface area contributed by atoms with E-state index in [1.165, 1.54) is 6.20 Å². The molecule has 6 nitrogen and oxygen atoms in total. The molecular weight excluding hydrogens is 266 g/mol. The Morgan fingerprint density at radius 3 is 2.84 bits per heavy atom. The van der Waals surface area contributed by atoms with Crippen LogP contribution in [0.1, 0.15) is 19.8 Å². The van der Waals surface area contributed by atoms with Crippen molar-refractivity contribution in [1.29, 1.82) is 0 Å². The highest BCUT2D eigenvalue weighted by atomic mass is 32.2. The summed E-state index contributed by atoms with van der Waals surface area (Å²) >= 11 is 0. The molecule has 1 amide bonds. The number of amides is 1. The maximum absolute atomic E-state index is 11.6. The smallest absolute Gasteiger partial charge is 0.227 e. The van der Waals surface area contributed by atoms with Crippen molar-refractivity contribution >= 4 is 15.7 Å². The van der Waals surface area contributed by atoms with Crippen LogP contribution in [0.4, 0.5) is 0 Å². The van der Waals surface area contributed by atoms with Crippen LogP contribution >= 0.6 is 0 Å². The molecule has 0 bridgehead atoms. The van der Waals surface area contributed by atoms with Crippen LogP contribution in [-0.4, -0.2) is 36.7 Å². The molecule has 1 fully saturated rings. The number of nitrogens with one attached hydrogen (secondary N) is 1. The van der Waals surface area contributed by atoms with E-state index in [-0.39, 0.29) is 22.9 Å². The Hall–Kier alpha value is -1.37. The van der Waals surface area contributed by atoms with E-state index in [1.807, 2.05) is 0 Å². The number of carbonyl (C=O) groups excluding carboxylic acids is 1. The average molecular weight is 285 g/mol. The molecule has 19 heavy (non-hydrogen) atoms. The summed E-state index contributed by atoms with van der Waals surface area (Å²) in [7, 11) is -3.31. The van der Waals surface area contributed by atoms with E-state index in [9.17, 15) is 13.2 Å². The number of rotatable bonds is 5. The van der Waals surface area contributed by atoms with Crippen LogP contribution in [0.15, 0.2) is 17.6 Å². The van der Waals surface area contributed by atoms with Gasteiger partial charge in [0.05, 0.1) is 0 Å². The number of sulfone groups is 1. The monoisotopic (exact) mass is 285 g/mol. The number of imidazole rings is 1. The van der Waals surface area contributed by atoms with Gasteiger partial charge in [-0.25, -0.2) is 13.4 Å². The molecule has 0 aliphatic carbocycles. The number of hydrogen-bond donors (Lipinski definition) is 1. The summed E-state index contributed by atoms with van der Waals surface area (Å²) < 4.78 is 24.9. The highest BCUT2D eigenvalue weighted by Gasteiger charge is 2.29. The molecule has 106 valence electrons. The Morgan fingerprint density at radius 1 is 1.58 bits per heavy atom. The van der Waals surface area contributed by atoms with Crippen molar-refractivity contribution in [3.8, 4) is 0 Å². The van der Waals surface area contributed by atoms with Gasteiger partial charge in [0.1, 0.15) is 0 Å². The molecule has 2 heterocycles. The summed E-state index contributed by atoms with van der Waals surface area (Å²) in [6, 6.07) is 0. The average Bonchev–Trinajstić information content (AvgIpc) is 2.93. The van der Waals surface area contributed by atoms with E-state index in [2.05, 4.69) is 17.2 Å². The van der Waals surface area contributed by atoms with Gasteiger partial charge in [0.15, 0.2) is 0 Å². The van der Waals surface area contributed by atoms with Crippen molar-refractivity contribution in [1.82, 2.24) is 14.9 Å². The largest absolute Gasteiger partial charge is 0.356 e. The van der Waals surface area contributed by atoms with Gasteiger partial charge in [-0.2, -0.15) is 0 Å². The molecule has 2 atom stereocenters. The first-order valence-electron chi connectivity index (χ1n) is 6.39. The summed E-state index contributed by atoms with van der Waals surface area (Å²) in [5.41, 5.74) is 0. The summed E-state index contributed by atoms with van der Waals surface area (Å²) in [4.78, 5) is 15.2. The lowest BCUT2D eigenvalue weighted by molar-refractivity contribution is -0.119. The van der Waals surface area contributed by atoms with Crippen LogP contribution in [0.2, 0.25) is 0 Å². The predicted molar refractivity (Wildman–Crippen MR) is 70.2 cm³/mol. The van der Waals surface area contributed by atoms with Gasteiger partial charge in [-0.15, -0.1) is 0 Å². The standard InChI is InChI=1S/C12H19N3O3S/c1-3-9(10-6-11(16)14-7-10)8-15-5-4-13-12(15)19(2,17)18/h4-5,9-10H,3,6-8H2,1-2H3,(H,14,16). The van der Waals surface area contributed by atoms with Gasteiger partial charge >= 0.3 is 0 Å². The summed E-state index contributed by atoms with van der Waals surface area (Å²) in [5, 5.41) is 2.93. The van der Waals surface area contributed by atoms with E-state index in [0.717, 1.165) is 12.7 Å². The number of carbonyl (C=O) groups is 1. The molecule has 0 saturated carbocycles. The molecule has 2 unspecified atom stereocenters. The Morgan fingerprint density at radius 2 is 2.32 bits per heavy atom. The maximum Gasteiger partial charge on any atom is 0.227 e. The molecule has 1 aliphatic rings. The first-order valence-corrected chi connectivity index (χ1v) is 8.28. The van der Waals surface area contributed by atoms with E-state index in [0.29, 0.717) is 19.5 Å². The molecule has 7 heteroatoms. The van der Waals surface area contributed by atoms with Crippen molar-refractivity contribution in [2.24, 2.45) is 11.8 Å². The third-order valence-electron chi connectivity index (χ3n) is 3.64. The summed E-state index contributed by atoms with van der Waals surface area (Å²) in [5.74, 6) is 0.623. The first kappa shape index (κ1) is 14.0. The lowest BCUT2D eigenvalue weighted by Crippen LogP contribution is -2.23. The van der Waals surface area contributed by atoms with Crippen molar-refractivity contribution in [2.45, 2.75) is 31.5 Å². The van der Waals surface area contributed by atoms with Gasteiger partial charge < -0.3 is 9.88 Å². The van der Waals surface area contributed by atoms with E-state index < -0.39 is 9.84 Å². The normalized spacial score (nSPS) is 21.4. The second-order valence-corrected chi connectivity index (χ2v) is 6.98. The van der Waals surface area contributed by atoms with Crippen molar-refractivity contribution in [3.63, 3.8) is 0 Å². The van der Waals surface area contributed by atoms with Gasteiger partial charge in [-0.3, -0.25) is 4.79 Å². The summed E-state index contributed by atoms with van der Waals surface area (Å²) in [6.45, 7) is 3.32. The van der Waals surface area contributed by atoms with Crippen LogP contribution < -0.4 is 5.32 Å². The van der Waals surface area contributed by atoms with Crippen LogP contribution in [0.5, 0.6) is 0 Å². The van der Waals surface area contributed by atoms with Crippen molar-refractivity contribution < 1.29 is 13.2 Å². The molecule has 1 N–H and O–H groups in total. The van der Waals surface area contributed by atoms with Crippen LogP contribution in [0.25, 0.3) is 0 Å². The molecule has 1 aromatic heterocycles. The minimum Gasteiger partial charge on any atom is -0.356 e. The second-order valence-electron chi connectivity index (χ2n) is 5.07. The van der Waals surface area contributed by atoms with Crippen LogP contribution in [0.3, 0.4) is 0 Å². The lowest BCUT2D eigenvalue weighted by atomic mass is 9.89. The Labute approximate surface area is 113 Å². The minimum atomic E-state index is -3.31. The highest BCUT2D eigenvalue weighted by Crippen LogP contribution is 2.25. The van der Waals surface area contributed by atoms with E-state index in [1.54, 1.807) is 10.8 Å². The molecule has 0 radical (unpaired) electrons. The van der Waals surface area contributed by atoms with Gasteiger partial charge in [0.25, 0.3) is 0 Å². The quantitative estimate of drug-likeness (QED) is 0.851. The Balaban J connectivity index is 2.15.